The van der Waals surface area contributed by atoms with Gasteiger partial charge in [-0.05, 0) is 42.5 Å². The molecule has 0 bridgehead atoms. The van der Waals surface area contributed by atoms with Crippen molar-refractivity contribution in [1.82, 2.24) is 9.55 Å². The van der Waals surface area contributed by atoms with Gasteiger partial charge >= 0.3 is 0 Å². The molecule has 0 amide bonds. The molecule has 0 N–H and O–H groups in total. The van der Waals surface area contributed by atoms with Crippen LogP contribution in [-0.4, -0.2) is 9.55 Å². The van der Waals surface area contributed by atoms with Crippen molar-refractivity contribution in [2.45, 2.75) is 0 Å². The summed E-state index contributed by atoms with van der Waals surface area (Å²) in [6.45, 7) is 0. The summed E-state index contributed by atoms with van der Waals surface area (Å²) >= 11 is 0. The van der Waals surface area contributed by atoms with Gasteiger partial charge in [0.1, 0.15) is 11.5 Å². The van der Waals surface area contributed by atoms with Crippen LogP contribution in [0.5, 0.6) is 0 Å². The van der Waals surface area contributed by atoms with Gasteiger partial charge in [0.05, 0.1) is 5.69 Å². The van der Waals surface area contributed by atoms with E-state index < -0.39 is 0 Å². The molecule has 1 aromatic carbocycles. The van der Waals surface area contributed by atoms with Gasteiger partial charge in [0.25, 0.3) is 5.56 Å². The smallest absolute Gasteiger partial charge is 0.256 e. The zero-order valence-electron chi connectivity index (χ0n) is 9.38. The summed E-state index contributed by atoms with van der Waals surface area (Å²) < 4.78 is 14.4. The number of rotatable bonds is 1. The van der Waals surface area contributed by atoms with Gasteiger partial charge in [-0.15, -0.1) is 0 Å². The van der Waals surface area contributed by atoms with Crippen LogP contribution in [0.3, 0.4) is 0 Å². The Labute approximate surface area is 102 Å². The van der Waals surface area contributed by atoms with Crippen LogP contribution in [0.4, 0.5) is 4.39 Å². The van der Waals surface area contributed by atoms with Crippen molar-refractivity contribution in [1.29, 1.82) is 0 Å². The maximum atomic E-state index is 12.9. The molecule has 2 aromatic heterocycles. The number of halogens is 1. The van der Waals surface area contributed by atoms with Gasteiger partial charge in [0, 0.05) is 17.6 Å². The first kappa shape index (κ1) is 10.7. The number of pyridine rings is 2. The molecule has 0 spiro atoms. The van der Waals surface area contributed by atoms with E-state index in [1.165, 1.54) is 22.8 Å². The van der Waals surface area contributed by atoms with Gasteiger partial charge < -0.3 is 0 Å². The number of nitrogens with zero attached hydrogens (tertiary/aromatic N) is 2. The standard InChI is InChI=1S/C14H9FN2O/c15-11-4-6-12(7-5-11)17-13(18)8-3-10-2-1-9-16-14(10)17/h1-9H. The van der Waals surface area contributed by atoms with E-state index in [9.17, 15) is 9.18 Å². The zero-order valence-corrected chi connectivity index (χ0v) is 9.38. The van der Waals surface area contributed by atoms with E-state index in [0.717, 1.165) is 5.39 Å². The van der Waals surface area contributed by atoms with E-state index in [4.69, 9.17) is 0 Å². The minimum absolute atomic E-state index is 0.187. The summed E-state index contributed by atoms with van der Waals surface area (Å²) in [4.78, 5) is 16.2. The molecule has 0 radical (unpaired) electrons. The summed E-state index contributed by atoms with van der Waals surface area (Å²) in [6, 6.07) is 12.7. The fourth-order valence-electron chi connectivity index (χ4n) is 1.91. The Kier molecular flexibility index (Phi) is 2.41. The van der Waals surface area contributed by atoms with Gasteiger partial charge in [0.2, 0.25) is 0 Å². The zero-order chi connectivity index (χ0) is 12.5. The van der Waals surface area contributed by atoms with Crippen LogP contribution in [0.1, 0.15) is 0 Å². The van der Waals surface area contributed by atoms with Gasteiger partial charge in [-0.3, -0.25) is 9.36 Å². The summed E-state index contributed by atoms with van der Waals surface area (Å²) in [5, 5.41) is 0.862. The molecule has 0 aliphatic heterocycles. The molecule has 3 aromatic rings. The number of hydrogen-bond donors (Lipinski definition) is 0. The summed E-state index contributed by atoms with van der Waals surface area (Å²) in [5.41, 5.74) is 0.982. The summed E-state index contributed by atoms with van der Waals surface area (Å²) in [7, 11) is 0. The van der Waals surface area contributed by atoms with Crippen LogP contribution in [0.15, 0.2) is 59.5 Å². The fraction of sp³-hybridized carbons (Fsp3) is 0. The molecule has 4 heteroatoms. The molecule has 88 valence electrons. The van der Waals surface area contributed by atoms with Crippen LogP contribution in [-0.2, 0) is 0 Å². The Morgan fingerprint density at radius 1 is 1.00 bits per heavy atom. The molecule has 0 unspecified atom stereocenters. The van der Waals surface area contributed by atoms with E-state index in [1.54, 1.807) is 24.4 Å². The Bertz CT molecular complexity index is 763. The lowest BCUT2D eigenvalue weighted by atomic mass is 10.2. The number of fused-ring (bicyclic) bond motifs is 1. The molecule has 2 heterocycles. The molecule has 3 rings (SSSR count). The molecule has 0 atom stereocenters. The average Bonchev–Trinajstić information content (AvgIpc) is 2.40. The van der Waals surface area contributed by atoms with Crippen molar-refractivity contribution >= 4 is 11.0 Å². The van der Waals surface area contributed by atoms with E-state index in [1.807, 2.05) is 12.1 Å². The minimum Gasteiger partial charge on any atom is -0.269 e. The van der Waals surface area contributed by atoms with Crippen LogP contribution >= 0.6 is 0 Å². The normalized spacial score (nSPS) is 10.7. The van der Waals surface area contributed by atoms with E-state index in [2.05, 4.69) is 4.98 Å². The molecule has 0 saturated carbocycles. The predicted octanol–water partition coefficient (Wildman–Crippen LogP) is 2.52. The van der Waals surface area contributed by atoms with Crippen LogP contribution in [0.2, 0.25) is 0 Å². The maximum Gasteiger partial charge on any atom is 0.256 e. The highest BCUT2D eigenvalue weighted by molar-refractivity contribution is 5.76. The van der Waals surface area contributed by atoms with E-state index in [0.29, 0.717) is 11.3 Å². The van der Waals surface area contributed by atoms with Crippen LogP contribution < -0.4 is 5.56 Å². The third kappa shape index (κ3) is 1.68. The lowest BCUT2D eigenvalue weighted by Gasteiger charge is -2.08. The first-order valence-electron chi connectivity index (χ1n) is 5.48. The predicted molar refractivity (Wildman–Crippen MR) is 67.3 cm³/mol. The highest BCUT2D eigenvalue weighted by atomic mass is 19.1. The second-order valence-corrected chi connectivity index (χ2v) is 3.90. The lowest BCUT2D eigenvalue weighted by Crippen LogP contribution is -2.17. The molecule has 0 aliphatic carbocycles. The molecule has 0 saturated heterocycles. The van der Waals surface area contributed by atoms with Crippen molar-refractivity contribution in [3.8, 4) is 5.69 Å². The first-order valence-corrected chi connectivity index (χ1v) is 5.48. The number of benzene rings is 1. The Morgan fingerprint density at radius 3 is 2.56 bits per heavy atom. The third-order valence-electron chi connectivity index (χ3n) is 2.74. The highest BCUT2D eigenvalue weighted by Crippen LogP contribution is 2.14. The van der Waals surface area contributed by atoms with Crippen molar-refractivity contribution in [3.05, 3.63) is 70.9 Å². The van der Waals surface area contributed by atoms with Gasteiger partial charge in [0.15, 0.2) is 0 Å². The SMILES string of the molecule is O=c1ccc2cccnc2n1-c1ccc(F)cc1. The Morgan fingerprint density at radius 2 is 1.78 bits per heavy atom. The van der Waals surface area contributed by atoms with Crippen molar-refractivity contribution in [2.75, 3.05) is 0 Å². The topological polar surface area (TPSA) is 34.9 Å². The second kappa shape index (κ2) is 4.07. The monoisotopic (exact) mass is 240 g/mol. The Balaban J connectivity index is 2.37. The highest BCUT2D eigenvalue weighted by Gasteiger charge is 2.05. The van der Waals surface area contributed by atoms with Gasteiger partial charge in [-0.25, -0.2) is 9.37 Å². The quantitative estimate of drug-likeness (QED) is 0.655. The molecule has 0 aliphatic rings. The number of hydrogen-bond acceptors (Lipinski definition) is 2. The van der Waals surface area contributed by atoms with Gasteiger partial charge in [-0.1, -0.05) is 0 Å². The minimum atomic E-state index is -0.333. The molecular formula is C14H9FN2O. The van der Waals surface area contributed by atoms with E-state index in [-0.39, 0.29) is 11.4 Å². The fourth-order valence-corrected chi connectivity index (χ4v) is 1.91. The molecule has 18 heavy (non-hydrogen) atoms. The Hall–Kier alpha value is -2.49. The van der Waals surface area contributed by atoms with Crippen molar-refractivity contribution in [3.63, 3.8) is 0 Å². The van der Waals surface area contributed by atoms with Crippen LogP contribution in [0, 0.1) is 5.82 Å². The molecule has 0 fully saturated rings. The summed E-state index contributed by atoms with van der Waals surface area (Å²) in [5.74, 6) is -0.333. The first-order chi connectivity index (χ1) is 8.75. The van der Waals surface area contributed by atoms with Crippen molar-refractivity contribution < 1.29 is 4.39 Å². The number of aromatic nitrogens is 2. The van der Waals surface area contributed by atoms with Gasteiger partial charge in [-0.2, -0.15) is 0 Å². The largest absolute Gasteiger partial charge is 0.269 e. The summed E-state index contributed by atoms with van der Waals surface area (Å²) in [6.07, 6.45) is 1.63. The third-order valence-corrected chi connectivity index (χ3v) is 2.74. The molecular weight excluding hydrogens is 231 g/mol. The molecule has 3 nitrogen and oxygen atoms in total. The van der Waals surface area contributed by atoms with Crippen molar-refractivity contribution in [2.24, 2.45) is 0 Å². The van der Waals surface area contributed by atoms with E-state index >= 15 is 0 Å². The second-order valence-electron chi connectivity index (χ2n) is 3.90. The maximum absolute atomic E-state index is 12.9. The van der Waals surface area contributed by atoms with Crippen LogP contribution in [0.25, 0.3) is 16.7 Å². The lowest BCUT2D eigenvalue weighted by molar-refractivity contribution is 0.627. The average molecular weight is 240 g/mol.